The molecule has 2 heteroatoms. The van der Waals surface area contributed by atoms with E-state index < -0.39 is 0 Å². The molecular weight excluding hydrogens is 238 g/mol. The van der Waals surface area contributed by atoms with E-state index in [4.69, 9.17) is 0 Å². The predicted octanol–water partition coefficient (Wildman–Crippen LogP) is 4.78. The van der Waals surface area contributed by atoms with E-state index in [1.165, 1.54) is 16.5 Å². The van der Waals surface area contributed by atoms with Crippen LogP contribution in [0.2, 0.25) is 0 Å². The van der Waals surface area contributed by atoms with Gasteiger partial charge in [-0.2, -0.15) is 11.3 Å². The van der Waals surface area contributed by atoms with Gasteiger partial charge < -0.3 is 0 Å². The van der Waals surface area contributed by atoms with Crippen LogP contribution in [0.15, 0.2) is 47.2 Å². The van der Waals surface area contributed by atoms with Crippen molar-refractivity contribution in [2.75, 3.05) is 0 Å². The lowest BCUT2D eigenvalue weighted by Crippen LogP contribution is -1.83. The average molecular weight is 251 g/mol. The fourth-order valence-electron chi connectivity index (χ4n) is 1.91. The summed E-state index contributed by atoms with van der Waals surface area (Å²) in [4.78, 5) is 4.63. The summed E-state index contributed by atoms with van der Waals surface area (Å²) in [6.45, 7) is 2.10. The van der Waals surface area contributed by atoms with Gasteiger partial charge in [-0.25, -0.2) is 4.98 Å². The van der Waals surface area contributed by atoms with Crippen molar-refractivity contribution >= 4 is 34.4 Å². The number of hydrogen-bond donors (Lipinski definition) is 0. The lowest BCUT2D eigenvalue weighted by molar-refractivity contribution is 1.36. The van der Waals surface area contributed by atoms with Crippen LogP contribution in [0.5, 0.6) is 0 Å². The van der Waals surface area contributed by atoms with E-state index in [-0.39, 0.29) is 0 Å². The van der Waals surface area contributed by atoms with Gasteiger partial charge in [-0.05, 0) is 53.6 Å². The highest BCUT2D eigenvalue weighted by atomic mass is 32.1. The van der Waals surface area contributed by atoms with Gasteiger partial charge in [-0.1, -0.05) is 23.8 Å². The topological polar surface area (TPSA) is 12.9 Å². The molecule has 3 aromatic rings. The summed E-state index contributed by atoms with van der Waals surface area (Å²) >= 11 is 1.71. The molecule has 0 amide bonds. The summed E-state index contributed by atoms with van der Waals surface area (Å²) in [5.41, 5.74) is 4.54. The van der Waals surface area contributed by atoms with Crippen molar-refractivity contribution in [2.24, 2.45) is 0 Å². The molecule has 1 aromatic carbocycles. The molecule has 0 unspecified atom stereocenters. The molecule has 0 aliphatic carbocycles. The van der Waals surface area contributed by atoms with Crippen LogP contribution in [0, 0.1) is 6.92 Å². The van der Waals surface area contributed by atoms with Crippen LogP contribution in [-0.2, 0) is 0 Å². The molecule has 0 saturated carbocycles. The van der Waals surface area contributed by atoms with Crippen molar-refractivity contribution < 1.29 is 0 Å². The van der Waals surface area contributed by atoms with E-state index >= 15 is 0 Å². The van der Waals surface area contributed by atoms with Gasteiger partial charge in [0.2, 0.25) is 0 Å². The number of pyridine rings is 1. The molecule has 0 fully saturated rings. The van der Waals surface area contributed by atoms with Crippen LogP contribution in [-0.4, -0.2) is 4.98 Å². The Bertz CT molecular complexity index is 696. The standard InChI is InChI=1S/C16H13NS/c1-12-2-7-16-14(10-12)4-6-15(17-16)5-3-13-8-9-18-11-13/h2-11H,1H3/b5-3+. The van der Waals surface area contributed by atoms with E-state index in [1.807, 2.05) is 0 Å². The van der Waals surface area contributed by atoms with Gasteiger partial charge in [0.05, 0.1) is 11.2 Å². The number of aromatic nitrogens is 1. The van der Waals surface area contributed by atoms with Crippen molar-refractivity contribution in [1.29, 1.82) is 0 Å². The number of rotatable bonds is 2. The zero-order valence-electron chi connectivity index (χ0n) is 10.1. The number of aryl methyl sites for hydroxylation is 1. The smallest absolute Gasteiger partial charge is 0.0709 e. The molecule has 0 bridgehead atoms. The normalized spacial score (nSPS) is 11.4. The molecule has 88 valence electrons. The molecule has 2 heterocycles. The largest absolute Gasteiger partial charge is 0.248 e. The third-order valence-corrected chi connectivity index (χ3v) is 3.56. The SMILES string of the molecule is Cc1ccc2nc(/C=C/c3ccsc3)ccc2c1. The second-order valence-corrected chi connectivity index (χ2v) is 5.10. The summed E-state index contributed by atoms with van der Waals surface area (Å²) in [6.07, 6.45) is 4.15. The van der Waals surface area contributed by atoms with Crippen molar-refractivity contribution in [3.63, 3.8) is 0 Å². The summed E-state index contributed by atoms with van der Waals surface area (Å²) in [5.74, 6) is 0. The second kappa shape index (κ2) is 4.75. The molecule has 0 N–H and O–H groups in total. The number of thiophene rings is 1. The van der Waals surface area contributed by atoms with Gasteiger partial charge in [-0.15, -0.1) is 0 Å². The van der Waals surface area contributed by atoms with Gasteiger partial charge in [0.15, 0.2) is 0 Å². The first-order chi connectivity index (χ1) is 8.81. The monoisotopic (exact) mass is 251 g/mol. The van der Waals surface area contributed by atoms with Crippen LogP contribution >= 0.6 is 11.3 Å². The van der Waals surface area contributed by atoms with Gasteiger partial charge in [0, 0.05) is 5.39 Å². The molecule has 0 radical (unpaired) electrons. The second-order valence-electron chi connectivity index (χ2n) is 4.32. The Kier molecular flexibility index (Phi) is 2.95. The van der Waals surface area contributed by atoms with E-state index in [1.54, 1.807) is 11.3 Å². The van der Waals surface area contributed by atoms with Gasteiger partial charge >= 0.3 is 0 Å². The van der Waals surface area contributed by atoms with Crippen molar-refractivity contribution in [1.82, 2.24) is 4.98 Å². The summed E-state index contributed by atoms with van der Waals surface area (Å²) in [7, 11) is 0. The van der Waals surface area contributed by atoms with E-state index in [0.29, 0.717) is 0 Å². The molecular formula is C16H13NS. The summed E-state index contributed by atoms with van der Waals surface area (Å²) in [5, 5.41) is 5.40. The van der Waals surface area contributed by atoms with Crippen LogP contribution in [0.25, 0.3) is 23.1 Å². The highest BCUT2D eigenvalue weighted by Crippen LogP contribution is 2.16. The molecule has 0 atom stereocenters. The predicted molar refractivity (Wildman–Crippen MR) is 79.7 cm³/mol. The first kappa shape index (κ1) is 11.2. The molecule has 1 nitrogen and oxygen atoms in total. The first-order valence-electron chi connectivity index (χ1n) is 5.89. The van der Waals surface area contributed by atoms with Crippen LogP contribution in [0.4, 0.5) is 0 Å². The lowest BCUT2D eigenvalue weighted by atomic mass is 10.1. The Morgan fingerprint density at radius 2 is 2.00 bits per heavy atom. The zero-order chi connectivity index (χ0) is 12.4. The average Bonchev–Trinajstić information content (AvgIpc) is 2.89. The number of nitrogens with zero attached hydrogens (tertiary/aromatic N) is 1. The number of hydrogen-bond acceptors (Lipinski definition) is 2. The fraction of sp³-hybridized carbons (Fsp3) is 0.0625. The van der Waals surface area contributed by atoms with Gasteiger partial charge in [0.1, 0.15) is 0 Å². The van der Waals surface area contributed by atoms with Crippen molar-refractivity contribution in [3.8, 4) is 0 Å². The molecule has 0 saturated heterocycles. The quantitative estimate of drug-likeness (QED) is 0.639. The lowest BCUT2D eigenvalue weighted by Gasteiger charge is -2.00. The maximum Gasteiger partial charge on any atom is 0.0709 e. The van der Waals surface area contributed by atoms with Crippen LogP contribution in [0.1, 0.15) is 16.8 Å². The third-order valence-electron chi connectivity index (χ3n) is 2.86. The fourth-order valence-corrected chi connectivity index (χ4v) is 2.53. The molecule has 0 aliphatic heterocycles. The molecule has 0 aliphatic rings. The minimum Gasteiger partial charge on any atom is -0.248 e. The highest BCUT2D eigenvalue weighted by Gasteiger charge is 1.96. The maximum atomic E-state index is 4.63. The van der Waals surface area contributed by atoms with E-state index in [9.17, 15) is 0 Å². The molecule has 0 spiro atoms. The molecule has 3 rings (SSSR count). The Balaban J connectivity index is 1.96. The molecule has 2 aromatic heterocycles. The Hall–Kier alpha value is -1.93. The van der Waals surface area contributed by atoms with E-state index in [2.05, 4.69) is 71.2 Å². The number of benzene rings is 1. The van der Waals surface area contributed by atoms with E-state index in [0.717, 1.165) is 11.2 Å². The highest BCUT2D eigenvalue weighted by molar-refractivity contribution is 7.08. The maximum absolute atomic E-state index is 4.63. The Morgan fingerprint density at radius 1 is 1.06 bits per heavy atom. The third kappa shape index (κ3) is 2.34. The molecule has 18 heavy (non-hydrogen) atoms. The van der Waals surface area contributed by atoms with Crippen LogP contribution in [0.3, 0.4) is 0 Å². The minimum atomic E-state index is 0.998. The Morgan fingerprint density at radius 3 is 2.83 bits per heavy atom. The van der Waals surface area contributed by atoms with Crippen LogP contribution < -0.4 is 0 Å². The zero-order valence-corrected chi connectivity index (χ0v) is 10.9. The minimum absolute atomic E-state index is 0.998. The Labute approximate surface area is 110 Å². The first-order valence-corrected chi connectivity index (χ1v) is 6.83. The summed E-state index contributed by atoms with van der Waals surface area (Å²) in [6, 6.07) is 12.6. The summed E-state index contributed by atoms with van der Waals surface area (Å²) < 4.78 is 0. The van der Waals surface area contributed by atoms with Gasteiger partial charge in [0.25, 0.3) is 0 Å². The number of fused-ring (bicyclic) bond motifs is 1. The van der Waals surface area contributed by atoms with Crippen molar-refractivity contribution in [2.45, 2.75) is 6.92 Å². The van der Waals surface area contributed by atoms with Crippen molar-refractivity contribution in [3.05, 3.63) is 64.0 Å². The van der Waals surface area contributed by atoms with Gasteiger partial charge in [-0.3, -0.25) is 0 Å².